The van der Waals surface area contributed by atoms with E-state index in [0.29, 0.717) is 0 Å². The highest BCUT2D eigenvalue weighted by molar-refractivity contribution is 8.32. The Morgan fingerprint density at radius 3 is 1.50 bits per heavy atom. The third-order valence-corrected chi connectivity index (χ3v) is 10.9. The molecule has 2 nitrogen and oxygen atoms in total. The van der Waals surface area contributed by atoms with Gasteiger partial charge in [-0.05, 0) is 50.6 Å². The zero-order valence-corrected chi connectivity index (χ0v) is 17.2. The van der Waals surface area contributed by atoms with Crippen molar-refractivity contribution in [2.75, 3.05) is 12.5 Å². The molecule has 0 spiro atoms. The molecule has 0 amide bonds. The van der Waals surface area contributed by atoms with Crippen LogP contribution in [0.25, 0.3) is 0 Å². The van der Waals surface area contributed by atoms with Gasteiger partial charge in [0, 0.05) is 15.0 Å². The van der Waals surface area contributed by atoms with Crippen LogP contribution in [0.1, 0.15) is 27.7 Å². The van der Waals surface area contributed by atoms with E-state index in [1.165, 1.54) is 9.79 Å². The smallest absolute Gasteiger partial charge is 0.125 e. The first kappa shape index (κ1) is 19.4. The summed E-state index contributed by atoms with van der Waals surface area (Å²) in [5, 5.41) is 0.281. The summed E-state index contributed by atoms with van der Waals surface area (Å²) in [6, 6.07) is 20.9. The van der Waals surface area contributed by atoms with Gasteiger partial charge in [-0.1, -0.05) is 60.6 Å². The van der Waals surface area contributed by atoms with Gasteiger partial charge in [0.2, 0.25) is 0 Å². The SMILES string of the molecule is CC(C)S(OC(C)(C)S(C)(C)O)(c1ccccc1)c1ccccc1. The van der Waals surface area contributed by atoms with Gasteiger partial charge in [-0.25, -0.2) is 0 Å². The fraction of sp³-hybridized carbons (Fsp3) is 0.400. The van der Waals surface area contributed by atoms with Crippen LogP contribution in [0.3, 0.4) is 0 Å². The highest BCUT2D eigenvalue weighted by Gasteiger charge is 2.43. The Hall–Kier alpha value is -0.940. The maximum Gasteiger partial charge on any atom is 0.125 e. The molecule has 0 atom stereocenters. The fourth-order valence-electron chi connectivity index (χ4n) is 2.52. The lowest BCUT2D eigenvalue weighted by Gasteiger charge is -2.53. The normalized spacial score (nSPS) is 14.7. The molecule has 24 heavy (non-hydrogen) atoms. The minimum absolute atomic E-state index is 0.281. The molecule has 0 bridgehead atoms. The number of rotatable bonds is 6. The van der Waals surface area contributed by atoms with Crippen LogP contribution in [0.5, 0.6) is 0 Å². The topological polar surface area (TPSA) is 29.5 Å². The molecule has 0 heterocycles. The molecule has 0 saturated heterocycles. The van der Waals surface area contributed by atoms with E-state index in [9.17, 15) is 4.55 Å². The predicted molar refractivity (Wildman–Crippen MR) is 109 cm³/mol. The van der Waals surface area contributed by atoms with Crippen LogP contribution < -0.4 is 0 Å². The summed E-state index contributed by atoms with van der Waals surface area (Å²) in [5.74, 6) is 0. The third-order valence-electron chi connectivity index (χ3n) is 4.39. The average Bonchev–Trinajstić information content (AvgIpc) is 2.53. The van der Waals surface area contributed by atoms with Gasteiger partial charge < -0.3 is 8.74 Å². The number of hydrogen-bond acceptors (Lipinski definition) is 2. The highest BCUT2D eigenvalue weighted by Crippen LogP contribution is 2.71. The second kappa shape index (κ2) is 7.12. The van der Waals surface area contributed by atoms with Crippen molar-refractivity contribution in [1.29, 1.82) is 0 Å². The van der Waals surface area contributed by atoms with E-state index in [2.05, 4.69) is 62.4 Å². The Morgan fingerprint density at radius 1 is 0.833 bits per heavy atom. The highest BCUT2D eigenvalue weighted by atomic mass is 32.3. The summed E-state index contributed by atoms with van der Waals surface area (Å²) in [6.07, 6.45) is 3.79. The Labute approximate surface area is 150 Å². The van der Waals surface area contributed by atoms with Crippen LogP contribution in [0, 0.1) is 0 Å². The number of hydrogen-bond donors (Lipinski definition) is 1. The predicted octanol–water partition coefficient (Wildman–Crippen LogP) is 6.52. The molecule has 0 aliphatic carbocycles. The zero-order valence-electron chi connectivity index (χ0n) is 15.5. The van der Waals surface area contributed by atoms with Crippen molar-refractivity contribution in [2.45, 2.75) is 47.7 Å². The fourth-order valence-corrected chi connectivity index (χ4v) is 7.01. The molecule has 0 fully saturated rings. The summed E-state index contributed by atoms with van der Waals surface area (Å²) >= 11 is 0. The molecule has 0 unspecified atom stereocenters. The van der Waals surface area contributed by atoms with Gasteiger partial charge in [0.1, 0.15) is 4.93 Å². The molecule has 1 N–H and O–H groups in total. The maximum absolute atomic E-state index is 10.8. The lowest BCUT2D eigenvalue weighted by Crippen LogP contribution is -2.34. The van der Waals surface area contributed by atoms with Crippen LogP contribution in [0.4, 0.5) is 0 Å². The van der Waals surface area contributed by atoms with E-state index in [-0.39, 0.29) is 5.25 Å². The quantitative estimate of drug-likeness (QED) is 0.630. The van der Waals surface area contributed by atoms with Crippen LogP contribution in [-0.4, -0.2) is 27.2 Å². The summed E-state index contributed by atoms with van der Waals surface area (Å²) in [7, 11) is -3.64. The van der Waals surface area contributed by atoms with Crippen molar-refractivity contribution in [3.05, 3.63) is 60.7 Å². The van der Waals surface area contributed by atoms with E-state index < -0.39 is 25.6 Å². The molecule has 2 aromatic rings. The molecule has 134 valence electrons. The first-order valence-electron chi connectivity index (χ1n) is 8.19. The molecule has 0 saturated carbocycles. The Bertz CT molecular complexity index is 607. The Balaban J connectivity index is 2.69. The van der Waals surface area contributed by atoms with Crippen molar-refractivity contribution < 1.29 is 8.74 Å². The molecule has 4 heteroatoms. The molecule has 2 aromatic carbocycles. The number of benzene rings is 2. The molecule has 0 aromatic heterocycles. The van der Waals surface area contributed by atoms with Gasteiger partial charge in [-0.2, -0.15) is 0 Å². The first-order valence-corrected chi connectivity index (χ1v) is 12.2. The van der Waals surface area contributed by atoms with E-state index in [1.54, 1.807) is 0 Å². The van der Waals surface area contributed by atoms with Gasteiger partial charge in [0.05, 0.1) is 0 Å². The molecule has 0 aliphatic rings. The molecule has 0 radical (unpaired) electrons. The molecule has 0 aliphatic heterocycles. The average molecular weight is 367 g/mol. The molecular weight excluding hydrogens is 336 g/mol. The van der Waals surface area contributed by atoms with E-state index in [4.69, 9.17) is 4.18 Å². The second-order valence-corrected chi connectivity index (χ2v) is 13.8. The van der Waals surface area contributed by atoms with E-state index >= 15 is 0 Å². The van der Waals surface area contributed by atoms with E-state index in [0.717, 1.165) is 0 Å². The van der Waals surface area contributed by atoms with Crippen molar-refractivity contribution >= 4 is 20.6 Å². The van der Waals surface area contributed by atoms with Crippen LogP contribution in [0.15, 0.2) is 70.5 Å². The van der Waals surface area contributed by atoms with Crippen molar-refractivity contribution in [1.82, 2.24) is 0 Å². The molecule has 2 rings (SSSR count). The van der Waals surface area contributed by atoms with Gasteiger partial charge in [0.25, 0.3) is 0 Å². The van der Waals surface area contributed by atoms with Crippen LogP contribution >= 0.6 is 20.6 Å². The second-order valence-electron chi connectivity index (χ2n) is 7.03. The van der Waals surface area contributed by atoms with Crippen molar-refractivity contribution in [2.24, 2.45) is 0 Å². The summed E-state index contributed by atoms with van der Waals surface area (Å²) in [5.41, 5.74) is 0. The minimum atomic E-state index is -1.89. The Morgan fingerprint density at radius 2 is 1.21 bits per heavy atom. The van der Waals surface area contributed by atoms with Gasteiger partial charge in [-0.15, -0.1) is 10.3 Å². The lowest BCUT2D eigenvalue weighted by atomic mass is 10.4. The van der Waals surface area contributed by atoms with Crippen molar-refractivity contribution in [3.63, 3.8) is 0 Å². The zero-order chi connectivity index (χ0) is 18.0. The largest absolute Gasteiger partial charge is 0.349 e. The third kappa shape index (κ3) is 3.67. The monoisotopic (exact) mass is 366 g/mol. The van der Waals surface area contributed by atoms with Crippen molar-refractivity contribution in [3.8, 4) is 0 Å². The van der Waals surface area contributed by atoms with Crippen LogP contribution in [-0.2, 0) is 4.18 Å². The van der Waals surface area contributed by atoms with Gasteiger partial charge >= 0.3 is 0 Å². The van der Waals surface area contributed by atoms with Gasteiger partial charge in [0.15, 0.2) is 0 Å². The Kier molecular flexibility index (Phi) is 5.75. The standard InChI is InChI=1S/C20H30O2S2/c1-17(2)24(18-13-9-7-10-14-18,19-15-11-8-12-16-19)22-20(3,4)23(5,6)21/h7-17,21H,1-6H3. The van der Waals surface area contributed by atoms with E-state index in [1.807, 2.05) is 38.5 Å². The summed E-state index contributed by atoms with van der Waals surface area (Å²) in [4.78, 5) is 1.78. The lowest BCUT2D eigenvalue weighted by molar-refractivity contribution is 0.217. The maximum atomic E-state index is 10.8. The first-order chi connectivity index (χ1) is 11.1. The summed E-state index contributed by atoms with van der Waals surface area (Å²) < 4.78 is 17.6. The summed E-state index contributed by atoms with van der Waals surface area (Å²) in [6.45, 7) is 8.45. The minimum Gasteiger partial charge on any atom is -0.349 e. The van der Waals surface area contributed by atoms with Gasteiger partial charge in [-0.3, -0.25) is 0 Å². The van der Waals surface area contributed by atoms with Crippen LogP contribution in [0.2, 0.25) is 0 Å². The molecular formula is C20H30O2S2.